The van der Waals surface area contributed by atoms with Crippen LogP contribution in [0, 0.1) is 0 Å². The summed E-state index contributed by atoms with van der Waals surface area (Å²) in [5.74, 6) is 0.777. The molecule has 0 N–H and O–H groups in total. The van der Waals surface area contributed by atoms with Gasteiger partial charge in [0.2, 0.25) is 0 Å². The zero-order chi connectivity index (χ0) is 14.3. The fourth-order valence-corrected chi connectivity index (χ4v) is 2.23. The highest BCUT2D eigenvalue weighted by Gasteiger charge is 1.95. The van der Waals surface area contributed by atoms with E-state index in [4.69, 9.17) is 9.78 Å². The van der Waals surface area contributed by atoms with Crippen LogP contribution >= 0.6 is 0 Å². The zero-order valence-electron chi connectivity index (χ0n) is 13.0. The van der Waals surface area contributed by atoms with Gasteiger partial charge in [-0.3, -0.25) is 0 Å². The molecule has 0 heterocycles. The summed E-state index contributed by atoms with van der Waals surface area (Å²) in [7, 11) is 0. The number of rotatable bonds is 13. The van der Waals surface area contributed by atoms with Crippen LogP contribution in [0.2, 0.25) is 0 Å². The van der Waals surface area contributed by atoms with Crippen molar-refractivity contribution in [3.63, 3.8) is 0 Å². The molecule has 1 rings (SSSR count). The standard InChI is InChI=1S/C18H30O2/c1-2-3-4-5-6-7-8-9-10-14-17-19-20-18-15-12-11-13-16-18/h11-13,15-16H,2-10,14,17H2,1H3. The van der Waals surface area contributed by atoms with E-state index in [0.717, 1.165) is 12.2 Å². The average Bonchev–Trinajstić information content (AvgIpc) is 2.49. The molecule has 0 saturated heterocycles. The van der Waals surface area contributed by atoms with E-state index in [1.54, 1.807) is 0 Å². The van der Waals surface area contributed by atoms with Crippen LogP contribution in [0.5, 0.6) is 5.75 Å². The van der Waals surface area contributed by atoms with E-state index in [9.17, 15) is 0 Å². The van der Waals surface area contributed by atoms with Gasteiger partial charge >= 0.3 is 0 Å². The Morgan fingerprint density at radius 2 is 1.25 bits per heavy atom. The van der Waals surface area contributed by atoms with E-state index in [1.807, 2.05) is 30.3 Å². The Bertz CT molecular complexity index is 298. The van der Waals surface area contributed by atoms with Crippen LogP contribution in [0.4, 0.5) is 0 Å². The molecule has 0 spiro atoms. The Morgan fingerprint density at radius 3 is 1.85 bits per heavy atom. The first-order valence-electron chi connectivity index (χ1n) is 8.28. The predicted molar refractivity (Wildman–Crippen MR) is 84.9 cm³/mol. The maximum atomic E-state index is 5.19. The minimum absolute atomic E-state index is 0.686. The summed E-state index contributed by atoms with van der Waals surface area (Å²) in [5, 5.41) is 0. The van der Waals surface area contributed by atoms with Crippen molar-refractivity contribution in [3.05, 3.63) is 30.3 Å². The summed E-state index contributed by atoms with van der Waals surface area (Å²) >= 11 is 0. The lowest BCUT2D eigenvalue weighted by atomic mass is 10.1. The van der Waals surface area contributed by atoms with Crippen molar-refractivity contribution < 1.29 is 9.78 Å². The van der Waals surface area contributed by atoms with Gasteiger partial charge in [-0.25, -0.2) is 0 Å². The summed E-state index contributed by atoms with van der Waals surface area (Å²) in [6, 6.07) is 9.66. The molecule has 2 nitrogen and oxygen atoms in total. The molecule has 0 saturated carbocycles. The van der Waals surface area contributed by atoms with Crippen molar-refractivity contribution in [3.8, 4) is 5.75 Å². The van der Waals surface area contributed by atoms with E-state index < -0.39 is 0 Å². The minimum atomic E-state index is 0.686. The molecule has 20 heavy (non-hydrogen) atoms. The van der Waals surface area contributed by atoms with Gasteiger partial charge in [-0.05, 0) is 18.6 Å². The topological polar surface area (TPSA) is 18.5 Å². The zero-order valence-corrected chi connectivity index (χ0v) is 13.0. The second kappa shape index (κ2) is 13.0. The van der Waals surface area contributed by atoms with Gasteiger partial charge in [-0.15, -0.1) is 0 Å². The lowest BCUT2D eigenvalue weighted by Gasteiger charge is -2.05. The smallest absolute Gasteiger partial charge is 0.165 e. The number of unbranched alkanes of at least 4 members (excludes halogenated alkanes) is 9. The number of hydrogen-bond acceptors (Lipinski definition) is 2. The van der Waals surface area contributed by atoms with E-state index in [0.29, 0.717) is 6.61 Å². The van der Waals surface area contributed by atoms with Gasteiger partial charge in [-0.1, -0.05) is 82.9 Å². The Balaban J connectivity index is 1.77. The second-order valence-corrected chi connectivity index (χ2v) is 5.40. The summed E-state index contributed by atoms with van der Waals surface area (Å²) in [6.45, 7) is 2.95. The Labute approximate surface area is 124 Å². The first-order valence-corrected chi connectivity index (χ1v) is 8.28. The highest BCUT2D eigenvalue weighted by molar-refractivity contribution is 5.20. The van der Waals surface area contributed by atoms with Crippen LogP contribution in [-0.4, -0.2) is 6.61 Å². The highest BCUT2D eigenvalue weighted by Crippen LogP contribution is 2.11. The molecule has 0 aliphatic heterocycles. The quantitative estimate of drug-likeness (QED) is 0.253. The van der Waals surface area contributed by atoms with E-state index in [1.165, 1.54) is 57.8 Å². The third-order valence-corrected chi connectivity index (χ3v) is 3.48. The normalized spacial score (nSPS) is 10.7. The average molecular weight is 278 g/mol. The van der Waals surface area contributed by atoms with E-state index in [2.05, 4.69) is 6.92 Å². The molecule has 0 unspecified atom stereocenters. The lowest BCUT2D eigenvalue weighted by molar-refractivity contribution is -0.207. The molecule has 0 fully saturated rings. The van der Waals surface area contributed by atoms with E-state index in [-0.39, 0.29) is 0 Å². The molecule has 0 aliphatic carbocycles. The van der Waals surface area contributed by atoms with Crippen LogP contribution in [0.3, 0.4) is 0 Å². The molecule has 0 aliphatic rings. The monoisotopic (exact) mass is 278 g/mol. The third-order valence-electron chi connectivity index (χ3n) is 3.48. The van der Waals surface area contributed by atoms with Crippen LogP contribution in [-0.2, 0) is 4.89 Å². The Morgan fingerprint density at radius 1 is 0.700 bits per heavy atom. The van der Waals surface area contributed by atoms with Gasteiger partial charge in [0.25, 0.3) is 0 Å². The van der Waals surface area contributed by atoms with Gasteiger partial charge in [0, 0.05) is 0 Å². The van der Waals surface area contributed by atoms with Crippen LogP contribution in [0.25, 0.3) is 0 Å². The fourth-order valence-electron chi connectivity index (χ4n) is 2.23. The van der Waals surface area contributed by atoms with E-state index >= 15 is 0 Å². The maximum Gasteiger partial charge on any atom is 0.165 e. The Kier molecular flexibility index (Phi) is 11.1. The van der Waals surface area contributed by atoms with Crippen molar-refractivity contribution in [1.29, 1.82) is 0 Å². The molecule has 0 radical (unpaired) electrons. The summed E-state index contributed by atoms with van der Waals surface area (Å²) < 4.78 is 0. The first-order chi connectivity index (χ1) is 9.93. The highest BCUT2D eigenvalue weighted by atomic mass is 17.2. The van der Waals surface area contributed by atoms with Crippen molar-refractivity contribution in [2.45, 2.75) is 71.1 Å². The molecule has 0 bridgehead atoms. The molecule has 0 aromatic heterocycles. The van der Waals surface area contributed by atoms with Gasteiger partial charge < -0.3 is 4.89 Å². The first kappa shape index (κ1) is 17.0. The van der Waals surface area contributed by atoms with Crippen LogP contribution in [0.15, 0.2) is 30.3 Å². The molecular weight excluding hydrogens is 248 g/mol. The number of hydrogen-bond donors (Lipinski definition) is 0. The van der Waals surface area contributed by atoms with Crippen molar-refractivity contribution in [1.82, 2.24) is 0 Å². The molecule has 1 aromatic rings. The Hall–Kier alpha value is -1.02. The van der Waals surface area contributed by atoms with Crippen molar-refractivity contribution in [2.75, 3.05) is 6.61 Å². The maximum absolute atomic E-state index is 5.19. The molecule has 0 amide bonds. The van der Waals surface area contributed by atoms with Crippen LogP contribution in [0.1, 0.15) is 71.1 Å². The van der Waals surface area contributed by atoms with Crippen molar-refractivity contribution in [2.24, 2.45) is 0 Å². The predicted octanol–water partition coefficient (Wildman–Crippen LogP) is 5.92. The number of benzene rings is 1. The van der Waals surface area contributed by atoms with Crippen LogP contribution < -0.4 is 4.89 Å². The number of para-hydroxylation sites is 1. The van der Waals surface area contributed by atoms with Gasteiger partial charge in [0.15, 0.2) is 5.75 Å². The van der Waals surface area contributed by atoms with Crippen molar-refractivity contribution >= 4 is 0 Å². The molecule has 0 atom stereocenters. The van der Waals surface area contributed by atoms with Gasteiger partial charge in [0.05, 0.1) is 6.61 Å². The largest absolute Gasteiger partial charge is 0.338 e. The molecular formula is C18H30O2. The minimum Gasteiger partial charge on any atom is -0.338 e. The van der Waals surface area contributed by atoms with Gasteiger partial charge in [0.1, 0.15) is 0 Å². The summed E-state index contributed by atoms with van der Waals surface area (Å²) in [6.07, 6.45) is 13.4. The fraction of sp³-hybridized carbons (Fsp3) is 0.667. The summed E-state index contributed by atoms with van der Waals surface area (Å²) in [4.78, 5) is 10.4. The lowest BCUT2D eigenvalue weighted by Crippen LogP contribution is -1.99. The molecule has 114 valence electrons. The third kappa shape index (κ3) is 9.85. The summed E-state index contributed by atoms with van der Waals surface area (Å²) in [5.41, 5.74) is 0. The molecule has 1 aromatic carbocycles. The second-order valence-electron chi connectivity index (χ2n) is 5.40. The SMILES string of the molecule is CCCCCCCCCCCCOOc1ccccc1. The molecule has 2 heteroatoms. The van der Waals surface area contributed by atoms with Gasteiger partial charge in [-0.2, -0.15) is 4.89 Å².